The molecule has 2 unspecified atom stereocenters. The van der Waals surface area contributed by atoms with Gasteiger partial charge in [-0.3, -0.25) is 9.59 Å². The van der Waals surface area contributed by atoms with Gasteiger partial charge in [0.25, 0.3) is 11.8 Å². The predicted octanol–water partition coefficient (Wildman–Crippen LogP) is 5.13. The molecule has 4 aromatic rings. The molecule has 164 valence electrons. The first kappa shape index (κ1) is 20.1. The van der Waals surface area contributed by atoms with Crippen LogP contribution in [-0.2, 0) is 14.4 Å². The molecule has 0 spiro atoms. The molecule has 1 aliphatic carbocycles. The molecule has 33 heavy (non-hydrogen) atoms. The number of carbonyl (C=O) groups is 2. The van der Waals surface area contributed by atoms with Crippen LogP contribution in [0.4, 0.5) is 0 Å². The van der Waals surface area contributed by atoms with Crippen molar-refractivity contribution in [3.8, 4) is 0 Å². The van der Waals surface area contributed by atoms with E-state index in [-0.39, 0.29) is 27.9 Å². The summed E-state index contributed by atoms with van der Waals surface area (Å²) < 4.78 is 32.0. The molecule has 4 aromatic carbocycles. The van der Waals surface area contributed by atoms with E-state index in [1.165, 1.54) is 6.07 Å². The fraction of sp³-hybridized carbons (Fsp3) is 0.154. The Bertz CT molecular complexity index is 1570. The summed E-state index contributed by atoms with van der Waals surface area (Å²) in [5.74, 6) is -1.10. The predicted molar refractivity (Wildman–Crippen MR) is 123 cm³/mol. The molecule has 1 heterocycles. The summed E-state index contributed by atoms with van der Waals surface area (Å²) in [6, 6.07) is 19.0. The molecule has 7 heteroatoms. The van der Waals surface area contributed by atoms with Gasteiger partial charge in [-0.25, -0.2) is 0 Å². The molecule has 0 saturated heterocycles. The maximum absolute atomic E-state index is 13.4. The van der Waals surface area contributed by atoms with E-state index < -0.39 is 21.9 Å². The molecule has 2 aliphatic rings. The molecule has 2 atom stereocenters. The van der Waals surface area contributed by atoms with Crippen molar-refractivity contribution < 1.29 is 22.3 Å². The van der Waals surface area contributed by atoms with Gasteiger partial charge in [0.2, 0.25) is 0 Å². The van der Waals surface area contributed by atoms with Gasteiger partial charge in [0.15, 0.2) is 0 Å². The molecule has 0 fully saturated rings. The first-order valence-electron chi connectivity index (χ1n) is 10.7. The molecule has 6 rings (SSSR count). The van der Waals surface area contributed by atoms with Gasteiger partial charge in [0.05, 0.1) is 11.1 Å². The zero-order chi connectivity index (χ0) is 23.1. The van der Waals surface area contributed by atoms with Gasteiger partial charge < -0.3 is 0 Å². The van der Waals surface area contributed by atoms with Crippen LogP contribution < -0.4 is 0 Å². The van der Waals surface area contributed by atoms with Crippen molar-refractivity contribution in [1.82, 2.24) is 5.06 Å². The van der Waals surface area contributed by atoms with Crippen molar-refractivity contribution in [3.05, 3.63) is 89.0 Å². The summed E-state index contributed by atoms with van der Waals surface area (Å²) >= 11 is 0. The summed E-state index contributed by atoms with van der Waals surface area (Å²) in [5, 5.41) is 3.01. The van der Waals surface area contributed by atoms with E-state index in [9.17, 15) is 18.0 Å². The number of benzene rings is 4. The molecule has 0 aromatic heterocycles. The minimum atomic E-state index is -4.48. The van der Waals surface area contributed by atoms with Gasteiger partial charge in [0, 0.05) is 10.8 Å². The number of rotatable bonds is 3. The largest absolute Gasteiger partial charge is 0.318 e. The van der Waals surface area contributed by atoms with Crippen LogP contribution in [0.5, 0.6) is 0 Å². The van der Waals surface area contributed by atoms with Gasteiger partial charge in [-0.05, 0) is 51.9 Å². The van der Waals surface area contributed by atoms with E-state index in [2.05, 4.69) is 13.8 Å². The van der Waals surface area contributed by atoms with E-state index in [1.807, 2.05) is 12.1 Å². The van der Waals surface area contributed by atoms with Gasteiger partial charge in [-0.2, -0.15) is 8.42 Å². The van der Waals surface area contributed by atoms with E-state index in [0.29, 0.717) is 15.8 Å². The molecule has 0 saturated carbocycles. The summed E-state index contributed by atoms with van der Waals surface area (Å²) in [6.45, 7) is 4.24. The van der Waals surface area contributed by atoms with Crippen LogP contribution in [0.1, 0.15) is 57.5 Å². The lowest BCUT2D eigenvalue weighted by atomic mass is 9.94. The fourth-order valence-electron chi connectivity index (χ4n) is 5.17. The second-order valence-electron chi connectivity index (χ2n) is 8.64. The second kappa shape index (κ2) is 6.73. The standard InChI is InChI=1S/C26H19NO5S/c1-14-15(2)18-12-13-22(19-9-5-8-17(14)24(18)19)33(30,31)32-27-25(28)20-10-3-6-16-7-4-11-21(23(16)20)26(27)29/h3-15H,1-2H3. The van der Waals surface area contributed by atoms with Crippen molar-refractivity contribution in [3.63, 3.8) is 0 Å². The van der Waals surface area contributed by atoms with E-state index in [1.54, 1.807) is 48.5 Å². The Balaban J connectivity index is 1.47. The summed E-state index contributed by atoms with van der Waals surface area (Å²) in [7, 11) is -4.48. The first-order valence-corrected chi connectivity index (χ1v) is 12.1. The average Bonchev–Trinajstić information content (AvgIpc) is 3.07. The number of amides is 2. The summed E-state index contributed by atoms with van der Waals surface area (Å²) in [6.07, 6.45) is 0. The highest BCUT2D eigenvalue weighted by atomic mass is 32.2. The van der Waals surface area contributed by atoms with Crippen LogP contribution >= 0.6 is 0 Å². The average molecular weight is 458 g/mol. The highest BCUT2D eigenvalue weighted by Crippen LogP contribution is 2.47. The van der Waals surface area contributed by atoms with Crippen LogP contribution in [0.15, 0.2) is 71.6 Å². The molecular formula is C26H19NO5S. The molecule has 1 aliphatic heterocycles. The summed E-state index contributed by atoms with van der Waals surface area (Å²) in [5.41, 5.74) is 2.61. The van der Waals surface area contributed by atoms with E-state index >= 15 is 0 Å². The molecule has 2 amide bonds. The highest BCUT2D eigenvalue weighted by Gasteiger charge is 2.39. The first-order chi connectivity index (χ1) is 15.8. The van der Waals surface area contributed by atoms with Crippen LogP contribution in [0.3, 0.4) is 0 Å². The smallest absolute Gasteiger partial charge is 0.266 e. The van der Waals surface area contributed by atoms with E-state index in [0.717, 1.165) is 21.9 Å². The second-order valence-corrected chi connectivity index (χ2v) is 10.1. The minimum Gasteiger partial charge on any atom is -0.266 e. The van der Waals surface area contributed by atoms with Gasteiger partial charge in [0.1, 0.15) is 4.90 Å². The summed E-state index contributed by atoms with van der Waals surface area (Å²) in [4.78, 5) is 26.1. The fourth-order valence-corrected chi connectivity index (χ4v) is 6.25. The molecule has 6 nitrogen and oxygen atoms in total. The van der Waals surface area contributed by atoms with E-state index in [4.69, 9.17) is 4.28 Å². The lowest BCUT2D eigenvalue weighted by Crippen LogP contribution is -2.41. The van der Waals surface area contributed by atoms with Crippen LogP contribution in [-0.4, -0.2) is 25.3 Å². The van der Waals surface area contributed by atoms with Crippen molar-refractivity contribution in [2.75, 3.05) is 0 Å². The van der Waals surface area contributed by atoms with Crippen molar-refractivity contribution in [2.24, 2.45) is 0 Å². The van der Waals surface area contributed by atoms with Crippen LogP contribution in [0.25, 0.3) is 21.5 Å². The lowest BCUT2D eigenvalue weighted by molar-refractivity contribution is -0.0154. The SMILES string of the molecule is CC1c2cccc3c(S(=O)(=O)ON4C(=O)c5cccc6cccc(c56)C4=O)ccc(c23)C1C. The molecular weight excluding hydrogens is 438 g/mol. The number of hydrogen-bond donors (Lipinski definition) is 0. The number of hydroxylamine groups is 2. The monoisotopic (exact) mass is 457 g/mol. The Hall–Kier alpha value is -3.55. The maximum atomic E-state index is 13.4. The number of imide groups is 1. The Morgan fingerprint density at radius 2 is 1.30 bits per heavy atom. The third kappa shape index (κ3) is 2.66. The molecule has 0 N–H and O–H groups in total. The third-order valence-electron chi connectivity index (χ3n) is 6.97. The zero-order valence-electron chi connectivity index (χ0n) is 17.9. The quantitative estimate of drug-likeness (QED) is 0.399. The van der Waals surface area contributed by atoms with Crippen LogP contribution in [0.2, 0.25) is 0 Å². The van der Waals surface area contributed by atoms with Gasteiger partial charge in [-0.1, -0.05) is 62.4 Å². The Kier molecular flexibility index (Phi) is 4.09. The Morgan fingerprint density at radius 1 is 0.727 bits per heavy atom. The molecule has 0 radical (unpaired) electrons. The highest BCUT2D eigenvalue weighted by molar-refractivity contribution is 7.87. The van der Waals surface area contributed by atoms with Gasteiger partial charge >= 0.3 is 10.1 Å². The maximum Gasteiger partial charge on any atom is 0.318 e. The number of hydrogen-bond acceptors (Lipinski definition) is 5. The van der Waals surface area contributed by atoms with Crippen molar-refractivity contribution in [1.29, 1.82) is 0 Å². The molecule has 0 bridgehead atoms. The number of nitrogens with zero attached hydrogens (tertiary/aromatic N) is 1. The normalized spacial score (nSPS) is 19.6. The van der Waals surface area contributed by atoms with Crippen molar-refractivity contribution >= 4 is 43.5 Å². The van der Waals surface area contributed by atoms with Crippen molar-refractivity contribution in [2.45, 2.75) is 30.6 Å². The Morgan fingerprint density at radius 3 is 1.94 bits per heavy atom. The lowest BCUT2D eigenvalue weighted by Gasteiger charge is -2.25. The van der Waals surface area contributed by atoms with Crippen LogP contribution in [0, 0.1) is 0 Å². The Labute approximate surface area is 190 Å². The third-order valence-corrected chi connectivity index (χ3v) is 8.21. The van der Waals surface area contributed by atoms with Gasteiger partial charge in [-0.15, -0.1) is 9.35 Å². The number of carbonyl (C=O) groups excluding carboxylic acids is 2. The minimum absolute atomic E-state index is 0.0675. The zero-order valence-corrected chi connectivity index (χ0v) is 18.7. The topological polar surface area (TPSA) is 80.8 Å².